The highest BCUT2D eigenvalue weighted by molar-refractivity contribution is 8.00. The predicted molar refractivity (Wildman–Crippen MR) is 489 cm³/mol. The summed E-state index contributed by atoms with van der Waals surface area (Å²) in [7, 11) is 5.72. The van der Waals surface area contributed by atoms with E-state index in [9.17, 15) is 92.0 Å². The van der Waals surface area contributed by atoms with Crippen LogP contribution in [0.1, 0.15) is 129 Å². The molecule has 0 bridgehead atoms. The summed E-state index contributed by atoms with van der Waals surface area (Å²) in [6.07, 6.45) is -2.04. The van der Waals surface area contributed by atoms with E-state index in [0.717, 1.165) is 48.7 Å². The maximum atomic E-state index is 15.1. The third-order valence-corrected chi connectivity index (χ3v) is 24.0. The van der Waals surface area contributed by atoms with E-state index in [-0.39, 0.29) is 57.4 Å². The van der Waals surface area contributed by atoms with Crippen LogP contribution in [0.3, 0.4) is 0 Å². The molecule has 0 radical (unpaired) electrons. The highest BCUT2D eigenvalue weighted by Crippen LogP contribution is 2.26. The largest absolute Gasteiger partial charge is 0.481 e. The van der Waals surface area contributed by atoms with Gasteiger partial charge in [0.1, 0.15) is 78.5 Å². The van der Waals surface area contributed by atoms with Crippen LogP contribution in [0.15, 0.2) is 140 Å². The van der Waals surface area contributed by atoms with Gasteiger partial charge in [0.25, 0.3) is 0 Å². The molecule has 0 aliphatic carbocycles. The minimum atomic E-state index is -1.70. The van der Waals surface area contributed by atoms with Crippen molar-refractivity contribution in [3.8, 4) is 22.3 Å². The molecule has 15 atom stereocenters. The Morgan fingerprint density at radius 1 is 0.458 bits per heavy atom. The van der Waals surface area contributed by atoms with Gasteiger partial charge in [-0.3, -0.25) is 81.5 Å². The van der Waals surface area contributed by atoms with E-state index in [2.05, 4.69) is 63.8 Å². The Morgan fingerprint density at radius 2 is 0.924 bits per heavy atom. The van der Waals surface area contributed by atoms with Gasteiger partial charge in [-0.25, -0.2) is 0 Å². The van der Waals surface area contributed by atoms with E-state index in [1.165, 1.54) is 60.7 Å². The number of likely N-dealkylation sites (tertiary alicyclic amines) is 2. The number of thioether (sulfide) groups is 1. The fourth-order valence-electron chi connectivity index (χ4n) is 15.2. The lowest BCUT2D eigenvalue weighted by Crippen LogP contribution is -2.61. The number of hydrogen-bond acceptors (Lipinski definition) is 21. The second-order valence-corrected chi connectivity index (χ2v) is 34.4. The van der Waals surface area contributed by atoms with E-state index in [1.807, 2.05) is 72.8 Å². The van der Waals surface area contributed by atoms with Gasteiger partial charge in [-0.1, -0.05) is 153 Å². The van der Waals surface area contributed by atoms with Crippen LogP contribution in [0.5, 0.6) is 0 Å². The SMILES string of the molecule is CNCCCC[C@H](NC(=O)CNC(=O)[C@H](CSCC(=O)N[C@@H](Cc1ccccc1)C(=O)N[C@H](C(=O)N1CCC[C@H]1C(N)=O)C(C)C)NC(=O)[C@@H]1CCCN1C(=O)[C@H](C)NC(=O)[C@H](CCC(=O)O)NC(=O)[C@H](C)N(C)C(=O)[C@H](Cc1ccc(-c2ccccc2)cc1)NC(=O)[C@H](C)N(C)C(=O)[C@H](Cc1ccc(-c2ccccc2)cc1)NC(=O)[C@@H](NC(=O)C[C@@H](C)O)[C@@H](C)O)C(=O)NC. The van der Waals surface area contributed by atoms with Crippen molar-refractivity contribution in [1.82, 2.24) is 83.4 Å². The summed E-state index contributed by atoms with van der Waals surface area (Å²) < 4.78 is 0. The molecule has 2 aliphatic rings. The van der Waals surface area contributed by atoms with Gasteiger partial charge < -0.3 is 104 Å². The van der Waals surface area contributed by atoms with Crippen LogP contribution in [-0.4, -0.2) is 292 Å². The van der Waals surface area contributed by atoms with Crippen LogP contribution in [0.4, 0.5) is 0 Å². The summed E-state index contributed by atoms with van der Waals surface area (Å²) in [5.41, 5.74) is 10.8. The highest BCUT2D eigenvalue weighted by Gasteiger charge is 2.43. The number of carboxylic acids is 1. The summed E-state index contributed by atoms with van der Waals surface area (Å²) in [6.45, 7) is 10.1. The highest BCUT2D eigenvalue weighted by atomic mass is 32.2. The molecule has 7 rings (SSSR count). The van der Waals surface area contributed by atoms with Gasteiger partial charge >= 0.3 is 5.97 Å². The molecule has 16 amide bonds. The molecule has 0 saturated carbocycles. The molecule has 5 aromatic rings. The number of carbonyl (C=O) groups is 17. The van der Waals surface area contributed by atoms with Crippen molar-refractivity contribution in [2.75, 3.05) is 65.9 Å². The number of carbonyl (C=O) groups excluding carboxylic acids is 16. The molecule has 131 heavy (non-hydrogen) atoms. The number of nitrogens with two attached hydrogens (primary N) is 1. The minimum absolute atomic E-state index is 0.0253. The molecular formula is C93H127N17O20S. The summed E-state index contributed by atoms with van der Waals surface area (Å²) in [4.78, 5) is 242. The smallest absolute Gasteiger partial charge is 0.303 e. The fourth-order valence-corrected chi connectivity index (χ4v) is 16.0. The lowest BCUT2D eigenvalue weighted by molar-refractivity contribution is -0.145. The zero-order valence-corrected chi connectivity index (χ0v) is 76.8. The summed E-state index contributed by atoms with van der Waals surface area (Å²) in [5.74, 6) is -15.5. The second kappa shape index (κ2) is 52.2. The van der Waals surface area contributed by atoms with Crippen molar-refractivity contribution >= 4 is 112 Å². The Kier molecular flexibility index (Phi) is 42.0. The maximum Gasteiger partial charge on any atom is 0.303 e. The van der Waals surface area contributed by atoms with Crippen molar-refractivity contribution in [3.05, 3.63) is 156 Å². The maximum absolute atomic E-state index is 15.1. The van der Waals surface area contributed by atoms with E-state index in [4.69, 9.17) is 5.73 Å². The number of nitrogens with one attached hydrogen (secondary N) is 12. The molecule has 2 heterocycles. The molecular weight excluding hydrogens is 1710 g/mol. The van der Waals surface area contributed by atoms with E-state index >= 15 is 4.79 Å². The van der Waals surface area contributed by atoms with Gasteiger partial charge in [-0.2, -0.15) is 0 Å². The number of rotatable bonds is 50. The first kappa shape index (κ1) is 105. The second-order valence-electron chi connectivity index (χ2n) is 33.4. The summed E-state index contributed by atoms with van der Waals surface area (Å²) in [5, 5.41) is 62.3. The lowest BCUT2D eigenvalue weighted by Gasteiger charge is -2.33. The first-order valence-corrected chi connectivity index (χ1v) is 45.2. The Hall–Kier alpha value is -12.7. The summed E-state index contributed by atoms with van der Waals surface area (Å²) >= 11 is 0.848. The van der Waals surface area contributed by atoms with Gasteiger partial charge in [0, 0.05) is 65.7 Å². The topological polar surface area (TPSA) is 534 Å². The fraction of sp³-hybridized carbons (Fsp3) is 0.495. The minimum Gasteiger partial charge on any atom is -0.481 e. The lowest BCUT2D eigenvalue weighted by atomic mass is 9.99. The Bertz CT molecular complexity index is 4750. The zero-order valence-electron chi connectivity index (χ0n) is 76.0. The van der Waals surface area contributed by atoms with E-state index in [0.29, 0.717) is 48.9 Å². The van der Waals surface area contributed by atoms with Crippen LogP contribution in [0.25, 0.3) is 22.3 Å². The number of benzene rings is 5. The van der Waals surface area contributed by atoms with Gasteiger partial charge in [0.2, 0.25) is 94.5 Å². The monoisotopic (exact) mass is 1830 g/mol. The van der Waals surface area contributed by atoms with Crippen LogP contribution >= 0.6 is 11.8 Å². The predicted octanol–water partition coefficient (Wildman–Crippen LogP) is 0.250. The molecule has 5 aromatic carbocycles. The normalized spacial score (nSPS) is 16.5. The van der Waals surface area contributed by atoms with Gasteiger partial charge in [0.05, 0.1) is 30.9 Å². The quantitative estimate of drug-likeness (QED) is 0.0232. The third kappa shape index (κ3) is 32.4. The first-order chi connectivity index (χ1) is 62.3. The standard InChI is InChI=1S/C93H127N17O20S/c1-54(2)79(93(130)109-45-23-32-73(109)81(94)118)106-87(124)69(48-60-25-15-12-16-26-60)100-77(115)53-131-52-72(85(122)97-51-76(114)99-67(84(121)96-9)31-21-22-44-95-8)104-88(125)74-33-24-46-110(74)90(127)56(4)98-86(123)68(42-43-78(116)117)101-82(119)57(5)107(10)91(128)70(49-61-34-38-65(39-35-61)63-27-17-13-18-28-63)102-83(120)58(6)108(11)92(129)71(103-89(126)80(59(7)112)105-75(113)47-55(3)111)50-62-36-40-66(41-37-62)64-29-19-14-20-30-64/h12-20,25-30,34-41,54-59,67-74,79-80,95,111-112H,21-24,31-33,42-53H2,1-11H3,(H2,94,118)(H,96,121)(H,97,122)(H,98,123)(H,99,114)(H,100,115)(H,101,119)(H,102,120)(H,103,126)(H,104,125)(H,105,113)(H,106,124)(H,116,117)/t55-,56+,57+,58+,59-,67+,68+,69+,70+,71+,72+,73+,74+,79+,80+/m1/s1. The molecule has 38 heteroatoms. The van der Waals surface area contributed by atoms with Crippen molar-refractivity contribution in [3.63, 3.8) is 0 Å². The average Bonchev–Trinajstić information content (AvgIpc) is 1.36. The van der Waals surface area contributed by atoms with Crippen LogP contribution in [0, 0.1) is 5.92 Å². The van der Waals surface area contributed by atoms with Crippen LogP contribution < -0.4 is 69.5 Å². The molecule has 0 aromatic heterocycles. The first-order valence-electron chi connectivity index (χ1n) is 44.1. The number of primary amides is 1. The van der Waals surface area contributed by atoms with Gasteiger partial charge in [-0.05, 0) is 144 Å². The molecule has 2 aliphatic heterocycles. The van der Waals surface area contributed by atoms with Crippen molar-refractivity contribution < 1.29 is 96.8 Å². The van der Waals surface area contributed by atoms with Crippen LogP contribution in [-0.2, 0) is 101 Å². The number of carboxylic acid groups (broad SMARTS) is 1. The van der Waals surface area contributed by atoms with Crippen LogP contribution in [0.2, 0.25) is 0 Å². The third-order valence-electron chi connectivity index (χ3n) is 22.9. The Balaban J connectivity index is 1.07. The molecule has 710 valence electrons. The van der Waals surface area contributed by atoms with E-state index in [1.54, 1.807) is 87.6 Å². The van der Waals surface area contributed by atoms with E-state index < -0.39 is 229 Å². The molecule has 0 unspecified atom stereocenters. The molecule has 2 fully saturated rings. The number of likely N-dealkylation sites (N-methyl/N-ethyl adjacent to an activating group) is 3. The number of aliphatic carboxylic acids is 1. The molecule has 37 nitrogen and oxygen atoms in total. The number of aliphatic hydroxyl groups excluding tert-OH is 2. The number of nitrogens with zero attached hydrogens (tertiary/aromatic N) is 4. The Morgan fingerprint density at radius 3 is 1.42 bits per heavy atom. The molecule has 2 saturated heterocycles. The number of amides is 16. The number of hydrogen-bond donors (Lipinski definition) is 16. The van der Waals surface area contributed by atoms with Crippen molar-refractivity contribution in [1.29, 1.82) is 0 Å². The Labute approximate surface area is 767 Å². The average molecular weight is 1840 g/mol. The van der Waals surface area contributed by atoms with Crippen molar-refractivity contribution in [2.24, 2.45) is 11.7 Å². The van der Waals surface area contributed by atoms with Gasteiger partial charge in [0.15, 0.2) is 0 Å². The number of aliphatic hydroxyl groups is 2. The molecule has 0 spiro atoms. The van der Waals surface area contributed by atoms with Crippen molar-refractivity contribution in [2.45, 2.75) is 223 Å². The summed E-state index contributed by atoms with van der Waals surface area (Å²) in [6, 6.07) is 24.0. The molecule has 17 N–H and O–H groups in total. The zero-order chi connectivity index (χ0) is 96.3. The van der Waals surface area contributed by atoms with Gasteiger partial charge in [-0.15, -0.1) is 11.8 Å². The number of unbranched alkanes of at least 4 members (excludes halogenated alkanes) is 1.